The number of halogens is 1. The number of carbonyl (C=O) groups is 2. The maximum Gasteiger partial charge on any atom is 0.258 e. The van der Waals surface area contributed by atoms with Crippen LogP contribution in [0.15, 0.2) is 18.2 Å². The molecule has 1 atom stereocenters. The molecule has 5 heteroatoms. The van der Waals surface area contributed by atoms with Crippen molar-refractivity contribution in [3.8, 4) is 5.75 Å². The quantitative estimate of drug-likeness (QED) is 0.774. The summed E-state index contributed by atoms with van der Waals surface area (Å²) in [6.07, 6.45) is 2.15. The number of carbonyl (C=O) groups excluding carboxylic acids is 2. The van der Waals surface area contributed by atoms with E-state index in [4.69, 9.17) is 22.1 Å². The lowest BCUT2D eigenvalue weighted by molar-refractivity contribution is -0.125. The molecule has 0 saturated heterocycles. The van der Waals surface area contributed by atoms with Gasteiger partial charge < -0.3 is 10.5 Å². The van der Waals surface area contributed by atoms with Gasteiger partial charge in [0, 0.05) is 0 Å². The van der Waals surface area contributed by atoms with Crippen LogP contribution >= 0.6 is 11.6 Å². The Bertz CT molecular complexity index is 434. The Morgan fingerprint density at radius 3 is 2.83 bits per heavy atom. The molecule has 1 unspecified atom stereocenters. The molecule has 0 saturated carbocycles. The molecule has 1 aromatic carbocycles. The van der Waals surface area contributed by atoms with Crippen LogP contribution in [0, 0.1) is 0 Å². The first-order valence-corrected chi connectivity index (χ1v) is 6.17. The molecular weight excluding hydrogens is 254 g/mol. The zero-order chi connectivity index (χ0) is 13.5. The molecule has 0 aliphatic carbocycles. The molecule has 4 nitrogen and oxygen atoms in total. The van der Waals surface area contributed by atoms with E-state index < -0.39 is 12.0 Å². The Balaban J connectivity index is 2.89. The van der Waals surface area contributed by atoms with Crippen LogP contribution in [0.5, 0.6) is 5.75 Å². The first kappa shape index (κ1) is 14.5. The third-order valence-electron chi connectivity index (χ3n) is 2.54. The molecule has 0 aromatic heterocycles. The summed E-state index contributed by atoms with van der Waals surface area (Å²) >= 11 is 5.87. The van der Waals surface area contributed by atoms with Crippen molar-refractivity contribution in [2.24, 2.45) is 5.73 Å². The second-order valence-corrected chi connectivity index (χ2v) is 4.33. The standard InChI is InChI=1S/C13H16ClNO3/c1-2-3-6-12(13(15)17)18-11-7-4-5-10(14)9(11)8-16/h4-5,7-8,12H,2-3,6H2,1H3,(H2,15,17). The Morgan fingerprint density at radius 2 is 2.28 bits per heavy atom. The summed E-state index contributed by atoms with van der Waals surface area (Å²) in [5.41, 5.74) is 5.51. The number of aldehydes is 1. The van der Waals surface area contributed by atoms with Crippen molar-refractivity contribution in [2.45, 2.75) is 32.3 Å². The maximum atomic E-state index is 11.3. The van der Waals surface area contributed by atoms with E-state index in [0.29, 0.717) is 17.7 Å². The van der Waals surface area contributed by atoms with Gasteiger partial charge >= 0.3 is 0 Å². The van der Waals surface area contributed by atoms with E-state index in [9.17, 15) is 9.59 Å². The fourth-order valence-electron chi connectivity index (χ4n) is 1.54. The highest BCUT2D eigenvalue weighted by Gasteiger charge is 2.18. The number of hydrogen-bond acceptors (Lipinski definition) is 3. The molecule has 1 aromatic rings. The van der Waals surface area contributed by atoms with Crippen molar-refractivity contribution >= 4 is 23.8 Å². The van der Waals surface area contributed by atoms with E-state index in [1.807, 2.05) is 6.92 Å². The molecule has 0 spiro atoms. The van der Waals surface area contributed by atoms with Crippen molar-refractivity contribution < 1.29 is 14.3 Å². The summed E-state index contributed by atoms with van der Waals surface area (Å²) in [6.45, 7) is 2.01. The molecule has 1 rings (SSSR count). The van der Waals surface area contributed by atoms with Gasteiger partial charge in [-0.25, -0.2) is 0 Å². The van der Waals surface area contributed by atoms with Crippen LogP contribution in [-0.2, 0) is 4.79 Å². The molecular formula is C13H16ClNO3. The number of hydrogen-bond donors (Lipinski definition) is 1. The highest BCUT2D eigenvalue weighted by atomic mass is 35.5. The van der Waals surface area contributed by atoms with Gasteiger partial charge in [-0.3, -0.25) is 9.59 Å². The van der Waals surface area contributed by atoms with E-state index in [1.165, 1.54) is 0 Å². The Kier molecular flexibility index (Phi) is 5.65. The van der Waals surface area contributed by atoms with E-state index in [2.05, 4.69) is 0 Å². The summed E-state index contributed by atoms with van der Waals surface area (Å²) in [6, 6.07) is 4.84. The monoisotopic (exact) mass is 269 g/mol. The number of ether oxygens (including phenoxy) is 1. The third-order valence-corrected chi connectivity index (χ3v) is 2.87. The van der Waals surface area contributed by atoms with Crippen LogP contribution in [0.3, 0.4) is 0 Å². The van der Waals surface area contributed by atoms with Gasteiger partial charge in [0.25, 0.3) is 5.91 Å². The minimum absolute atomic E-state index is 0.238. The normalized spacial score (nSPS) is 11.9. The highest BCUT2D eigenvalue weighted by molar-refractivity contribution is 6.33. The largest absolute Gasteiger partial charge is 0.480 e. The minimum Gasteiger partial charge on any atom is -0.480 e. The second kappa shape index (κ2) is 7.01. The van der Waals surface area contributed by atoms with Gasteiger partial charge in [-0.05, 0) is 25.0 Å². The van der Waals surface area contributed by atoms with Crippen LogP contribution < -0.4 is 10.5 Å². The molecule has 0 aliphatic rings. The average molecular weight is 270 g/mol. The molecule has 0 aliphatic heterocycles. The van der Waals surface area contributed by atoms with E-state index in [1.54, 1.807) is 18.2 Å². The lowest BCUT2D eigenvalue weighted by Gasteiger charge is -2.17. The number of amides is 1. The molecule has 1 amide bonds. The van der Waals surface area contributed by atoms with Crippen molar-refractivity contribution in [3.05, 3.63) is 28.8 Å². The number of nitrogens with two attached hydrogens (primary N) is 1. The van der Waals surface area contributed by atoms with Gasteiger partial charge in [0.1, 0.15) is 5.75 Å². The number of primary amides is 1. The molecule has 18 heavy (non-hydrogen) atoms. The zero-order valence-electron chi connectivity index (χ0n) is 10.2. The minimum atomic E-state index is -0.734. The van der Waals surface area contributed by atoms with Crippen LogP contribution in [-0.4, -0.2) is 18.3 Å². The topological polar surface area (TPSA) is 69.4 Å². The zero-order valence-corrected chi connectivity index (χ0v) is 10.9. The van der Waals surface area contributed by atoms with Gasteiger partial charge in [0.2, 0.25) is 0 Å². The molecule has 2 N–H and O–H groups in total. The average Bonchev–Trinajstić information content (AvgIpc) is 2.34. The van der Waals surface area contributed by atoms with Crippen LogP contribution in [0.1, 0.15) is 36.5 Å². The SMILES string of the molecule is CCCCC(Oc1cccc(Cl)c1C=O)C(N)=O. The number of rotatable bonds is 7. The van der Waals surface area contributed by atoms with Crippen LogP contribution in [0.25, 0.3) is 0 Å². The Labute approximate surface area is 111 Å². The van der Waals surface area contributed by atoms with Crippen LogP contribution in [0.4, 0.5) is 0 Å². The van der Waals surface area contributed by atoms with Crippen molar-refractivity contribution in [1.82, 2.24) is 0 Å². The number of unbranched alkanes of at least 4 members (excludes halogenated alkanes) is 1. The molecule has 0 bridgehead atoms. The fourth-order valence-corrected chi connectivity index (χ4v) is 1.75. The smallest absolute Gasteiger partial charge is 0.258 e. The van der Waals surface area contributed by atoms with Crippen molar-refractivity contribution in [2.75, 3.05) is 0 Å². The Morgan fingerprint density at radius 1 is 1.56 bits per heavy atom. The first-order chi connectivity index (χ1) is 8.60. The van der Waals surface area contributed by atoms with Crippen molar-refractivity contribution in [1.29, 1.82) is 0 Å². The highest BCUT2D eigenvalue weighted by Crippen LogP contribution is 2.26. The van der Waals surface area contributed by atoms with E-state index >= 15 is 0 Å². The second-order valence-electron chi connectivity index (χ2n) is 3.92. The summed E-state index contributed by atoms with van der Waals surface area (Å²) in [5.74, 6) is -0.252. The predicted molar refractivity (Wildman–Crippen MR) is 70.0 cm³/mol. The summed E-state index contributed by atoms with van der Waals surface area (Å²) in [7, 11) is 0. The van der Waals surface area contributed by atoms with E-state index in [0.717, 1.165) is 12.8 Å². The molecule has 98 valence electrons. The van der Waals surface area contributed by atoms with Gasteiger partial charge in [-0.15, -0.1) is 0 Å². The summed E-state index contributed by atoms with van der Waals surface area (Å²) in [5, 5.41) is 0.293. The predicted octanol–water partition coefficient (Wildman–Crippen LogP) is 2.58. The van der Waals surface area contributed by atoms with Gasteiger partial charge in [-0.1, -0.05) is 31.0 Å². The summed E-state index contributed by atoms with van der Waals surface area (Å²) < 4.78 is 5.49. The Hall–Kier alpha value is -1.55. The van der Waals surface area contributed by atoms with E-state index in [-0.39, 0.29) is 11.3 Å². The lowest BCUT2D eigenvalue weighted by atomic mass is 10.1. The maximum absolute atomic E-state index is 11.3. The fraction of sp³-hybridized carbons (Fsp3) is 0.385. The third kappa shape index (κ3) is 3.74. The first-order valence-electron chi connectivity index (χ1n) is 5.79. The molecule has 0 fully saturated rings. The summed E-state index contributed by atoms with van der Waals surface area (Å²) in [4.78, 5) is 22.2. The molecule has 0 heterocycles. The van der Waals surface area contributed by atoms with Gasteiger partial charge in [0.05, 0.1) is 10.6 Å². The van der Waals surface area contributed by atoms with Gasteiger partial charge in [0.15, 0.2) is 12.4 Å². The molecule has 0 radical (unpaired) electrons. The van der Waals surface area contributed by atoms with Crippen molar-refractivity contribution in [3.63, 3.8) is 0 Å². The van der Waals surface area contributed by atoms with Crippen LogP contribution in [0.2, 0.25) is 5.02 Å². The number of benzene rings is 1. The van der Waals surface area contributed by atoms with Gasteiger partial charge in [-0.2, -0.15) is 0 Å². The lowest BCUT2D eigenvalue weighted by Crippen LogP contribution is -2.33.